The van der Waals surface area contributed by atoms with E-state index in [0.717, 1.165) is 33.1 Å². The summed E-state index contributed by atoms with van der Waals surface area (Å²) in [7, 11) is 0. The van der Waals surface area contributed by atoms with Crippen LogP contribution in [0.1, 0.15) is 16.6 Å². The van der Waals surface area contributed by atoms with E-state index in [2.05, 4.69) is 68.9 Å². The summed E-state index contributed by atoms with van der Waals surface area (Å²) in [5.74, 6) is 0. The van der Waals surface area contributed by atoms with Crippen LogP contribution >= 0.6 is 50.1 Å². The molecule has 3 aromatic rings. The minimum absolute atomic E-state index is 0.0805. The van der Waals surface area contributed by atoms with Gasteiger partial charge in [0, 0.05) is 25.5 Å². The summed E-state index contributed by atoms with van der Waals surface area (Å²) < 4.78 is 2.23. The fourth-order valence-corrected chi connectivity index (χ4v) is 3.88. The number of benzene rings is 2. The number of pyridine rings is 1. The number of halogens is 3. The van der Waals surface area contributed by atoms with Crippen LogP contribution in [-0.4, -0.2) is 4.98 Å². The van der Waals surface area contributed by atoms with Gasteiger partial charge in [-0.25, -0.2) is 0 Å². The molecule has 0 aliphatic heterocycles. The number of hydrogen-bond donors (Lipinski definition) is 0. The van der Waals surface area contributed by atoms with E-state index in [4.69, 9.17) is 16.6 Å². The molecule has 106 valence electrons. The van der Waals surface area contributed by atoms with E-state index < -0.39 is 0 Å². The lowest BCUT2D eigenvalue weighted by molar-refractivity contribution is 0.882. The highest BCUT2D eigenvalue weighted by Crippen LogP contribution is 2.31. The third kappa shape index (κ3) is 3.58. The molecule has 0 spiro atoms. The van der Waals surface area contributed by atoms with Crippen LogP contribution in [0.5, 0.6) is 0 Å². The van der Waals surface area contributed by atoms with Crippen LogP contribution in [0.25, 0.3) is 10.9 Å². The number of para-hydroxylation sites is 1. The Kier molecular flexibility index (Phi) is 4.82. The summed E-state index contributed by atoms with van der Waals surface area (Å²) in [4.78, 5) is 4.69. The van der Waals surface area contributed by atoms with Crippen LogP contribution in [0.2, 0.25) is 0 Å². The molecule has 0 fully saturated rings. The number of fused-ring (bicyclic) bond motifs is 1. The largest absolute Gasteiger partial charge is 0.253 e. The van der Waals surface area contributed by atoms with Crippen LogP contribution < -0.4 is 0 Å². The fourth-order valence-electron chi connectivity index (χ4n) is 2.27. The van der Waals surface area contributed by atoms with E-state index in [-0.39, 0.29) is 5.38 Å². The molecule has 0 saturated carbocycles. The molecule has 0 amide bonds. The van der Waals surface area contributed by atoms with Crippen molar-refractivity contribution in [1.82, 2.24) is 4.98 Å². The number of hydrogen-bond acceptors (Lipinski definition) is 1. The van der Waals surface area contributed by atoms with Crippen molar-refractivity contribution in [3.8, 4) is 0 Å². The Labute approximate surface area is 151 Å². The smallest absolute Gasteiger partial charge is 0.0705 e. The van der Waals surface area contributed by atoms with Gasteiger partial charge in [-0.15, -0.1) is 11.6 Å². The zero-order valence-corrected chi connectivity index (χ0v) is 15.6. The second kappa shape index (κ2) is 6.63. The molecular formula is C17H12BrClIN. The van der Waals surface area contributed by atoms with E-state index in [1.807, 2.05) is 24.3 Å². The Balaban J connectivity index is 1.88. The molecule has 0 bridgehead atoms. The minimum Gasteiger partial charge on any atom is -0.253 e. The molecule has 0 N–H and O–H groups in total. The second-order valence-corrected chi connectivity index (χ2v) is 7.44. The normalized spacial score (nSPS) is 12.5. The molecule has 1 atom stereocenters. The second-order valence-electron chi connectivity index (χ2n) is 4.83. The highest BCUT2D eigenvalue weighted by molar-refractivity contribution is 14.1. The Hall–Kier alpha value is -0.650. The summed E-state index contributed by atoms with van der Waals surface area (Å²) in [6, 6.07) is 18.5. The highest BCUT2D eigenvalue weighted by Gasteiger charge is 2.14. The molecular weight excluding hydrogens is 460 g/mol. The van der Waals surface area contributed by atoms with Crippen molar-refractivity contribution < 1.29 is 0 Å². The van der Waals surface area contributed by atoms with Crippen LogP contribution in [-0.2, 0) is 6.42 Å². The summed E-state index contributed by atoms with van der Waals surface area (Å²) in [6.45, 7) is 0. The Morgan fingerprint density at radius 2 is 1.90 bits per heavy atom. The first kappa shape index (κ1) is 15.3. The van der Waals surface area contributed by atoms with Crippen molar-refractivity contribution in [2.24, 2.45) is 0 Å². The zero-order chi connectivity index (χ0) is 14.8. The van der Waals surface area contributed by atoms with Gasteiger partial charge in [0.2, 0.25) is 0 Å². The maximum atomic E-state index is 6.60. The van der Waals surface area contributed by atoms with Crippen LogP contribution in [0, 0.1) is 3.57 Å². The van der Waals surface area contributed by atoms with Crippen LogP contribution in [0.3, 0.4) is 0 Å². The highest BCUT2D eigenvalue weighted by atomic mass is 127. The van der Waals surface area contributed by atoms with Gasteiger partial charge < -0.3 is 0 Å². The van der Waals surface area contributed by atoms with Crippen molar-refractivity contribution in [1.29, 1.82) is 0 Å². The lowest BCUT2D eigenvalue weighted by atomic mass is 10.1. The molecule has 4 heteroatoms. The van der Waals surface area contributed by atoms with Gasteiger partial charge in [0.25, 0.3) is 0 Å². The SMILES string of the molecule is ClC(Cc1ccc2ccccc2n1)c1cc(Br)ccc1I. The fraction of sp³-hybridized carbons (Fsp3) is 0.118. The molecule has 21 heavy (non-hydrogen) atoms. The van der Waals surface area contributed by atoms with E-state index in [0.29, 0.717) is 0 Å². The topological polar surface area (TPSA) is 12.9 Å². The number of rotatable bonds is 3. The maximum absolute atomic E-state index is 6.60. The lowest BCUT2D eigenvalue weighted by Crippen LogP contribution is -2.00. The first-order chi connectivity index (χ1) is 10.1. The molecule has 0 aliphatic rings. The molecule has 0 radical (unpaired) electrons. The van der Waals surface area contributed by atoms with Gasteiger partial charge in [-0.2, -0.15) is 0 Å². The molecule has 1 nitrogen and oxygen atoms in total. The number of aromatic nitrogens is 1. The first-order valence-corrected chi connectivity index (χ1v) is 8.88. The van der Waals surface area contributed by atoms with Crippen molar-refractivity contribution >= 4 is 61.0 Å². The van der Waals surface area contributed by atoms with E-state index in [9.17, 15) is 0 Å². The van der Waals surface area contributed by atoms with Crippen molar-refractivity contribution in [2.45, 2.75) is 11.8 Å². The van der Waals surface area contributed by atoms with Gasteiger partial charge in [0.05, 0.1) is 10.9 Å². The average Bonchev–Trinajstić information content (AvgIpc) is 2.49. The van der Waals surface area contributed by atoms with E-state index >= 15 is 0 Å². The summed E-state index contributed by atoms with van der Waals surface area (Å²) in [5.41, 5.74) is 3.17. The lowest BCUT2D eigenvalue weighted by Gasteiger charge is -2.12. The third-order valence-electron chi connectivity index (χ3n) is 3.34. The molecule has 0 aliphatic carbocycles. The molecule has 2 aromatic carbocycles. The minimum atomic E-state index is -0.0805. The first-order valence-electron chi connectivity index (χ1n) is 6.57. The third-order valence-corrected chi connectivity index (χ3v) is 5.21. The Bertz CT molecular complexity index is 791. The van der Waals surface area contributed by atoms with Gasteiger partial charge >= 0.3 is 0 Å². The Morgan fingerprint density at radius 1 is 1.10 bits per heavy atom. The molecule has 1 unspecified atom stereocenters. The predicted octanol–water partition coefficient (Wildman–Crippen LogP) is 6.12. The summed E-state index contributed by atoms with van der Waals surface area (Å²) >= 11 is 12.4. The monoisotopic (exact) mass is 471 g/mol. The summed E-state index contributed by atoms with van der Waals surface area (Å²) in [5, 5.41) is 1.08. The van der Waals surface area contributed by atoms with Crippen LogP contribution in [0.15, 0.2) is 59.1 Å². The molecule has 1 heterocycles. The van der Waals surface area contributed by atoms with Crippen molar-refractivity contribution in [3.63, 3.8) is 0 Å². The van der Waals surface area contributed by atoms with Crippen molar-refractivity contribution in [2.75, 3.05) is 0 Å². The van der Waals surface area contributed by atoms with Gasteiger partial charge in [0.1, 0.15) is 0 Å². The van der Waals surface area contributed by atoms with E-state index in [1.54, 1.807) is 0 Å². The molecule has 1 aromatic heterocycles. The predicted molar refractivity (Wildman–Crippen MR) is 101 cm³/mol. The van der Waals surface area contributed by atoms with Gasteiger partial charge in [0.15, 0.2) is 0 Å². The average molecular weight is 473 g/mol. The molecule has 3 rings (SSSR count). The standard InChI is InChI=1S/C17H12BrClIN/c18-12-6-8-16(20)14(9-12)15(19)10-13-7-5-11-3-1-2-4-17(11)21-13/h1-9,15H,10H2. The van der Waals surface area contributed by atoms with E-state index in [1.165, 1.54) is 3.57 Å². The van der Waals surface area contributed by atoms with Crippen molar-refractivity contribution in [3.05, 3.63) is 73.9 Å². The zero-order valence-electron chi connectivity index (χ0n) is 11.1. The van der Waals surface area contributed by atoms with Gasteiger partial charge in [-0.05, 0) is 58.5 Å². The number of alkyl halides is 1. The molecule has 0 saturated heterocycles. The van der Waals surface area contributed by atoms with Gasteiger partial charge in [-0.3, -0.25) is 4.98 Å². The van der Waals surface area contributed by atoms with Gasteiger partial charge in [-0.1, -0.05) is 40.2 Å². The number of nitrogens with zero attached hydrogens (tertiary/aromatic N) is 1. The quantitative estimate of drug-likeness (QED) is 0.330. The summed E-state index contributed by atoms with van der Waals surface area (Å²) in [6.07, 6.45) is 0.721. The Morgan fingerprint density at radius 3 is 2.76 bits per heavy atom. The van der Waals surface area contributed by atoms with Crippen LogP contribution in [0.4, 0.5) is 0 Å². The maximum Gasteiger partial charge on any atom is 0.0705 e.